The SMILES string of the molecule is CCc1cc2c(cc1C(C)C)Oc1cc3c(cc1O2)C1(CC3(C)C)CC(C)(C)c2cc3c(cc21)Oc1cc(C(C)C)c(C(C)C)cc1O3. The predicted molar refractivity (Wildman–Crippen MR) is 194 cm³/mol. The average molecular weight is 643 g/mol. The van der Waals surface area contributed by atoms with Gasteiger partial charge in [0.05, 0.1) is 0 Å². The van der Waals surface area contributed by atoms with Crippen LogP contribution in [-0.2, 0) is 22.7 Å². The van der Waals surface area contributed by atoms with Crippen LogP contribution >= 0.6 is 0 Å². The summed E-state index contributed by atoms with van der Waals surface area (Å²) in [5.74, 6) is 7.68. The van der Waals surface area contributed by atoms with Crippen LogP contribution in [0, 0.1) is 0 Å². The zero-order valence-electron chi connectivity index (χ0n) is 30.6. The van der Waals surface area contributed by atoms with Crippen LogP contribution in [0.4, 0.5) is 0 Å². The second kappa shape index (κ2) is 10.3. The normalized spacial score (nSPS) is 20.3. The molecule has 8 rings (SSSR count). The lowest BCUT2D eigenvalue weighted by molar-refractivity contribution is 0.347. The molecule has 4 heteroatoms. The Balaban J connectivity index is 1.24. The Bertz CT molecular complexity index is 2010. The van der Waals surface area contributed by atoms with Gasteiger partial charge in [-0.2, -0.15) is 0 Å². The lowest BCUT2D eigenvalue weighted by Gasteiger charge is -2.31. The van der Waals surface area contributed by atoms with E-state index in [2.05, 4.69) is 125 Å². The van der Waals surface area contributed by atoms with Gasteiger partial charge in [-0.3, -0.25) is 0 Å². The van der Waals surface area contributed by atoms with Crippen LogP contribution in [0.5, 0.6) is 46.0 Å². The molecule has 0 bridgehead atoms. The zero-order valence-corrected chi connectivity index (χ0v) is 30.6. The molecule has 0 N–H and O–H groups in total. The fraction of sp³-hybridized carbons (Fsp3) is 0.455. The highest BCUT2D eigenvalue weighted by Crippen LogP contribution is 2.66. The Morgan fingerprint density at radius 3 is 1.12 bits per heavy atom. The molecule has 1 atom stereocenters. The van der Waals surface area contributed by atoms with E-state index in [-0.39, 0.29) is 16.2 Å². The number of hydrogen-bond donors (Lipinski definition) is 0. The number of fused-ring (bicyclic) bond motifs is 8. The van der Waals surface area contributed by atoms with E-state index < -0.39 is 0 Å². The minimum absolute atomic E-state index is 0.0554. The molecule has 0 radical (unpaired) electrons. The monoisotopic (exact) mass is 642 g/mol. The molecular weight excluding hydrogens is 592 g/mol. The van der Waals surface area contributed by atoms with Crippen LogP contribution < -0.4 is 18.9 Å². The maximum absolute atomic E-state index is 6.75. The summed E-state index contributed by atoms with van der Waals surface area (Å²) in [6.07, 6.45) is 2.97. The molecule has 4 aromatic carbocycles. The first-order valence-electron chi connectivity index (χ1n) is 18.1. The molecule has 4 nitrogen and oxygen atoms in total. The van der Waals surface area contributed by atoms with Gasteiger partial charge in [-0.1, -0.05) is 76.2 Å². The van der Waals surface area contributed by atoms with Crippen molar-refractivity contribution in [3.8, 4) is 46.0 Å². The summed E-state index contributed by atoms with van der Waals surface area (Å²) in [6.45, 7) is 25.2. The summed E-state index contributed by atoms with van der Waals surface area (Å²) >= 11 is 0. The van der Waals surface area contributed by atoms with Crippen LogP contribution in [0.2, 0.25) is 0 Å². The highest BCUT2D eigenvalue weighted by Gasteiger charge is 2.57. The average Bonchev–Trinajstić information content (AvgIpc) is 3.37. The topological polar surface area (TPSA) is 36.9 Å². The maximum atomic E-state index is 6.75. The van der Waals surface area contributed by atoms with Gasteiger partial charge in [0.2, 0.25) is 0 Å². The second-order valence-corrected chi connectivity index (χ2v) is 17.0. The molecule has 0 saturated heterocycles. The van der Waals surface area contributed by atoms with Gasteiger partial charge in [0.1, 0.15) is 0 Å². The summed E-state index contributed by atoms with van der Waals surface area (Å²) in [6, 6.07) is 17.9. The molecule has 250 valence electrons. The third-order valence-electron chi connectivity index (χ3n) is 11.6. The van der Waals surface area contributed by atoms with Crippen molar-refractivity contribution >= 4 is 0 Å². The largest absolute Gasteiger partial charge is 0.449 e. The highest BCUT2D eigenvalue weighted by atomic mass is 16.6. The Kier molecular flexibility index (Phi) is 6.72. The Morgan fingerprint density at radius 2 is 0.771 bits per heavy atom. The molecule has 0 fully saturated rings. The number of benzene rings is 4. The van der Waals surface area contributed by atoms with Gasteiger partial charge in [0.15, 0.2) is 46.0 Å². The first-order chi connectivity index (χ1) is 22.6. The van der Waals surface area contributed by atoms with E-state index in [0.29, 0.717) is 17.8 Å². The van der Waals surface area contributed by atoms with E-state index in [0.717, 1.165) is 65.3 Å². The summed E-state index contributed by atoms with van der Waals surface area (Å²) in [7, 11) is 0. The van der Waals surface area contributed by atoms with Gasteiger partial charge in [0, 0.05) is 5.41 Å². The second-order valence-electron chi connectivity index (χ2n) is 17.0. The van der Waals surface area contributed by atoms with Gasteiger partial charge in [-0.15, -0.1) is 0 Å². The quantitative estimate of drug-likeness (QED) is 0.192. The molecule has 1 spiro atoms. The van der Waals surface area contributed by atoms with Crippen molar-refractivity contribution < 1.29 is 18.9 Å². The third kappa shape index (κ3) is 4.47. The fourth-order valence-corrected chi connectivity index (χ4v) is 9.48. The Morgan fingerprint density at radius 1 is 0.458 bits per heavy atom. The van der Waals surface area contributed by atoms with Crippen molar-refractivity contribution in [2.75, 3.05) is 0 Å². The standard InChI is InChI=1S/C44H50O4/c1-12-26-13-34-35(14-27(26)23(2)3)46-38-17-30-32(19-40(38)45-34)44(21-42(30,8)9)22-43(10,11)31-18-39-41(20-33(31)44)48-37-16-29(25(6)7)28(24(4)5)15-36(37)47-39/h13-20,23-25H,12,21-22H2,1-11H3. The first kappa shape index (κ1) is 31.4. The number of ether oxygens (including phenoxy) is 4. The van der Waals surface area contributed by atoms with Crippen LogP contribution in [0.25, 0.3) is 0 Å². The van der Waals surface area contributed by atoms with E-state index in [4.69, 9.17) is 18.9 Å². The highest BCUT2D eigenvalue weighted by molar-refractivity contribution is 5.69. The van der Waals surface area contributed by atoms with Crippen LogP contribution in [0.15, 0.2) is 48.5 Å². The lowest BCUT2D eigenvalue weighted by Crippen LogP contribution is -2.27. The lowest BCUT2D eigenvalue weighted by atomic mass is 9.72. The molecule has 4 aliphatic rings. The van der Waals surface area contributed by atoms with E-state index in [1.807, 2.05) is 0 Å². The smallest absolute Gasteiger partial charge is 0.170 e. The molecule has 0 aromatic heterocycles. The van der Waals surface area contributed by atoms with E-state index >= 15 is 0 Å². The summed E-state index contributed by atoms with van der Waals surface area (Å²) in [5.41, 5.74) is 10.4. The van der Waals surface area contributed by atoms with Gasteiger partial charge >= 0.3 is 0 Å². The predicted octanol–water partition coefficient (Wildman–Crippen LogP) is 13.1. The Hall–Kier alpha value is -3.92. The van der Waals surface area contributed by atoms with E-state index in [1.165, 1.54) is 44.5 Å². The molecule has 0 saturated carbocycles. The summed E-state index contributed by atoms with van der Waals surface area (Å²) < 4.78 is 26.8. The minimum atomic E-state index is -0.185. The van der Waals surface area contributed by atoms with Gasteiger partial charge in [0.25, 0.3) is 0 Å². The number of rotatable bonds is 4. The van der Waals surface area contributed by atoms with Crippen molar-refractivity contribution in [2.24, 2.45) is 0 Å². The van der Waals surface area contributed by atoms with Crippen LogP contribution in [0.3, 0.4) is 0 Å². The van der Waals surface area contributed by atoms with Gasteiger partial charge < -0.3 is 18.9 Å². The fourth-order valence-electron chi connectivity index (χ4n) is 9.48. The van der Waals surface area contributed by atoms with Crippen molar-refractivity contribution in [3.63, 3.8) is 0 Å². The van der Waals surface area contributed by atoms with Crippen molar-refractivity contribution in [1.82, 2.24) is 0 Å². The van der Waals surface area contributed by atoms with Crippen LogP contribution in [-0.4, -0.2) is 0 Å². The molecule has 48 heavy (non-hydrogen) atoms. The molecule has 2 aliphatic heterocycles. The van der Waals surface area contributed by atoms with Crippen LogP contribution in [0.1, 0.15) is 151 Å². The first-order valence-corrected chi connectivity index (χ1v) is 18.1. The zero-order chi connectivity index (χ0) is 34.1. The van der Waals surface area contributed by atoms with E-state index in [9.17, 15) is 0 Å². The van der Waals surface area contributed by atoms with Crippen molar-refractivity contribution in [2.45, 2.75) is 129 Å². The molecule has 2 aliphatic carbocycles. The molecule has 1 unspecified atom stereocenters. The molecule has 0 amide bonds. The number of hydrogen-bond acceptors (Lipinski definition) is 4. The summed E-state index contributed by atoms with van der Waals surface area (Å²) in [5, 5.41) is 0. The Labute approximate surface area is 286 Å². The maximum Gasteiger partial charge on any atom is 0.170 e. The molecule has 4 aromatic rings. The third-order valence-corrected chi connectivity index (χ3v) is 11.6. The van der Waals surface area contributed by atoms with Crippen molar-refractivity contribution in [1.29, 1.82) is 0 Å². The molecule has 2 heterocycles. The summed E-state index contributed by atoms with van der Waals surface area (Å²) in [4.78, 5) is 0. The number of aryl methyl sites for hydroxylation is 1. The van der Waals surface area contributed by atoms with Crippen molar-refractivity contribution in [3.05, 3.63) is 93.0 Å². The van der Waals surface area contributed by atoms with Gasteiger partial charge in [-0.05, 0) is 141 Å². The molecular formula is C44H50O4. The minimum Gasteiger partial charge on any atom is -0.449 e. The van der Waals surface area contributed by atoms with E-state index in [1.54, 1.807) is 0 Å². The van der Waals surface area contributed by atoms with Gasteiger partial charge in [-0.25, -0.2) is 0 Å².